The second-order valence-corrected chi connectivity index (χ2v) is 5.64. The van der Waals surface area contributed by atoms with Crippen LogP contribution in [-0.2, 0) is 11.3 Å². The number of aryl methyl sites for hydroxylation is 2. The summed E-state index contributed by atoms with van der Waals surface area (Å²) in [5, 5.41) is 0. The van der Waals surface area contributed by atoms with Crippen molar-refractivity contribution in [3.63, 3.8) is 0 Å². The van der Waals surface area contributed by atoms with Gasteiger partial charge >= 0.3 is 0 Å². The summed E-state index contributed by atoms with van der Waals surface area (Å²) in [6.45, 7) is 6.45. The van der Waals surface area contributed by atoms with Crippen molar-refractivity contribution in [1.29, 1.82) is 0 Å². The lowest BCUT2D eigenvalue weighted by molar-refractivity contribution is -0.125. The van der Waals surface area contributed by atoms with Crippen molar-refractivity contribution in [2.24, 2.45) is 0 Å². The van der Waals surface area contributed by atoms with Gasteiger partial charge in [-0.3, -0.25) is 4.79 Å². The summed E-state index contributed by atoms with van der Waals surface area (Å²) in [6, 6.07) is 14.2. The second kappa shape index (κ2) is 5.24. The lowest BCUT2D eigenvalue weighted by atomic mass is 10.1. The molecule has 0 radical (unpaired) electrons. The van der Waals surface area contributed by atoms with Gasteiger partial charge in [-0.1, -0.05) is 35.9 Å². The maximum Gasteiger partial charge on any atom is 0.268 e. The Morgan fingerprint density at radius 2 is 1.71 bits per heavy atom. The van der Waals surface area contributed by atoms with Gasteiger partial charge < -0.3 is 9.64 Å². The molecule has 0 saturated carbocycles. The van der Waals surface area contributed by atoms with Gasteiger partial charge in [0.25, 0.3) is 5.91 Å². The largest absolute Gasteiger partial charge is 0.479 e. The molecule has 3 nitrogen and oxygen atoms in total. The zero-order valence-electron chi connectivity index (χ0n) is 12.6. The number of benzene rings is 2. The van der Waals surface area contributed by atoms with Gasteiger partial charge in [0.05, 0.1) is 12.2 Å². The van der Waals surface area contributed by atoms with Gasteiger partial charge in [-0.25, -0.2) is 0 Å². The normalized spacial score (nSPS) is 17.4. The number of rotatable bonds is 2. The Morgan fingerprint density at radius 3 is 2.43 bits per heavy atom. The topological polar surface area (TPSA) is 29.5 Å². The summed E-state index contributed by atoms with van der Waals surface area (Å²) in [5.74, 6) is 0.786. The molecule has 108 valence electrons. The summed E-state index contributed by atoms with van der Waals surface area (Å²) in [6.07, 6.45) is -0.439. The van der Waals surface area contributed by atoms with E-state index in [1.54, 1.807) is 6.92 Å². The van der Waals surface area contributed by atoms with Crippen LogP contribution < -0.4 is 9.64 Å². The summed E-state index contributed by atoms with van der Waals surface area (Å²) < 4.78 is 5.69. The van der Waals surface area contributed by atoms with Gasteiger partial charge in [0.15, 0.2) is 6.10 Å². The highest BCUT2D eigenvalue weighted by molar-refractivity contribution is 5.99. The van der Waals surface area contributed by atoms with E-state index in [9.17, 15) is 4.79 Å². The molecular weight excluding hydrogens is 262 g/mol. The van der Waals surface area contributed by atoms with Gasteiger partial charge in [0.2, 0.25) is 0 Å². The third-order valence-corrected chi connectivity index (χ3v) is 3.78. The van der Waals surface area contributed by atoms with Gasteiger partial charge in [0, 0.05) is 0 Å². The zero-order valence-corrected chi connectivity index (χ0v) is 12.6. The Balaban J connectivity index is 1.98. The number of nitrogens with zero attached hydrogens (tertiary/aromatic N) is 1. The molecule has 1 amide bonds. The van der Waals surface area contributed by atoms with Gasteiger partial charge in [-0.2, -0.15) is 0 Å². The number of anilines is 1. The Hall–Kier alpha value is -2.29. The molecule has 0 fully saturated rings. The molecule has 3 heteroatoms. The maximum absolute atomic E-state index is 12.5. The van der Waals surface area contributed by atoms with Crippen LogP contribution in [0, 0.1) is 13.8 Å². The van der Waals surface area contributed by atoms with E-state index in [-0.39, 0.29) is 5.91 Å². The fourth-order valence-corrected chi connectivity index (χ4v) is 2.56. The smallest absolute Gasteiger partial charge is 0.268 e. The Morgan fingerprint density at radius 1 is 1.05 bits per heavy atom. The molecule has 2 aromatic rings. The third kappa shape index (κ3) is 2.64. The molecular formula is C18H19NO2. The minimum absolute atomic E-state index is 0.00803. The number of fused-ring (bicyclic) bond motifs is 1. The highest BCUT2D eigenvalue weighted by Gasteiger charge is 2.31. The first kappa shape index (κ1) is 13.7. The standard InChI is InChI=1S/C18H19NO2/c1-12-4-7-15(8-5-12)11-19-16-10-13(2)6-9-17(16)21-14(3)18(19)20/h4-10,14H,11H2,1-3H3/t14-/m0/s1. The van der Waals surface area contributed by atoms with E-state index in [0.717, 1.165) is 22.6 Å². The molecule has 0 aromatic heterocycles. The van der Waals surface area contributed by atoms with Crippen molar-refractivity contribution in [2.75, 3.05) is 4.90 Å². The Bertz CT molecular complexity index is 676. The van der Waals surface area contributed by atoms with Gasteiger partial charge in [-0.05, 0) is 44.0 Å². The number of hydrogen-bond donors (Lipinski definition) is 0. The van der Waals surface area contributed by atoms with Crippen molar-refractivity contribution in [3.05, 3.63) is 59.2 Å². The van der Waals surface area contributed by atoms with Crippen LogP contribution >= 0.6 is 0 Å². The van der Waals surface area contributed by atoms with Crippen LogP contribution in [-0.4, -0.2) is 12.0 Å². The molecule has 21 heavy (non-hydrogen) atoms. The van der Waals surface area contributed by atoms with E-state index in [1.165, 1.54) is 5.56 Å². The van der Waals surface area contributed by atoms with E-state index in [0.29, 0.717) is 6.54 Å². The molecule has 0 saturated heterocycles. The minimum atomic E-state index is -0.439. The molecule has 0 unspecified atom stereocenters. The summed E-state index contributed by atoms with van der Waals surface area (Å²) in [7, 11) is 0. The molecule has 3 rings (SSSR count). The van der Waals surface area contributed by atoms with E-state index in [4.69, 9.17) is 4.74 Å². The van der Waals surface area contributed by atoms with Crippen LogP contribution in [0.1, 0.15) is 23.6 Å². The quantitative estimate of drug-likeness (QED) is 0.841. The highest BCUT2D eigenvalue weighted by atomic mass is 16.5. The number of amides is 1. The molecule has 0 aliphatic carbocycles. The molecule has 0 spiro atoms. The van der Waals surface area contributed by atoms with Crippen LogP contribution in [0.25, 0.3) is 0 Å². The number of carbonyl (C=O) groups excluding carboxylic acids is 1. The van der Waals surface area contributed by atoms with E-state index < -0.39 is 6.10 Å². The summed E-state index contributed by atoms with van der Waals surface area (Å²) in [4.78, 5) is 14.3. The molecule has 0 bridgehead atoms. The first-order valence-electron chi connectivity index (χ1n) is 7.19. The minimum Gasteiger partial charge on any atom is -0.479 e. The Kier molecular flexibility index (Phi) is 3.42. The molecule has 2 aromatic carbocycles. The first-order valence-corrected chi connectivity index (χ1v) is 7.19. The third-order valence-electron chi connectivity index (χ3n) is 3.78. The average Bonchev–Trinajstić information content (AvgIpc) is 2.47. The molecule has 1 atom stereocenters. The van der Waals surface area contributed by atoms with E-state index in [1.807, 2.05) is 30.0 Å². The van der Waals surface area contributed by atoms with Crippen LogP contribution in [0.3, 0.4) is 0 Å². The van der Waals surface area contributed by atoms with Crippen LogP contribution in [0.15, 0.2) is 42.5 Å². The predicted molar refractivity (Wildman–Crippen MR) is 83.6 cm³/mol. The maximum atomic E-state index is 12.5. The van der Waals surface area contributed by atoms with E-state index in [2.05, 4.69) is 31.2 Å². The van der Waals surface area contributed by atoms with E-state index >= 15 is 0 Å². The van der Waals surface area contributed by atoms with Gasteiger partial charge in [-0.15, -0.1) is 0 Å². The monoisotopic (exact) mass is 281 g/mol. The summed E-state index contributed by atoms with van der Waals surface area (Å²) in [5.41, 5.74) is 4.32. The van der Waals surface area contributed by atoms with Crippen LogP contribution in [0.4, 0.5) is 5.69 Å². The van der Waals surface area contributed by atoms with Crippen LogP contribution in [0.2, 0.25) is 0 Å². The van der Waals surface area contributed by atoms with Crippen molar-refractivity contribution in [2.45, 2.75) is 33.4 Å². The first-order chi connectivity index (χ1) is 10.0. The highest BCUT2D eigenvalue weighted by Crippen LogP contribution is 2.35. The predicted octanol–water partition coefficient (Wildman–Crippen LogP) is 3.62. The average molecular weight is 281 g/mol. The fourth-order valence-electron chi connectivity index (χ4n) is 2.56. The second-order valence-electron chi connectivity index (χ2n) is 5.64. The van der Waals surface area contributed by atoms with Crippen molar-refractivity contribution < 1.29 is 9.53 Å². The molecule has 1 heterocycles. The number of hydrogen-bond acceptors (Lipinski definition) is 2. The van der Waals surface area contributed by atoms with Crippen molar-refractivity contribution in [3.8, 4) is 5.75 Å². The zero-order chi connectivity index (χ0) is 15.0. The Labute approximate surface area is 125 Å². The molecule has 0 N–H and O–H groups in total. The number of carbonyl (C=O) groups is 1. The molecule has 1 aliphatic rings. The van der Waals surface area contributed by atoms with Gasteiger partial charge in [0.1, 0.15) is 5.75 Å². The van der Waals surface area contributed by atoms with Crippen molar-refractivity contribution >= 4 is 11.6 Å². The lowest BCUT2D eigenvalue weighted by Crippen LogP contribution is -2.44. The van der Waals surface area contributed by atoms with Crippen molar-refractivity contribution in [1.82, 2.24) is 0 Å². The SMILES string of the molecule is Cc1ccc(CN2C(=O)[C@H](C)Oc3ccc(C)cc32)cc1. The lowest BCUT2D eigenvalue weighted by Gasteiger charge is -2.33. The van der Waals surface area contributed by atoms with Crippen LogP contribution in [0.5, 0.6) is 5.75 Å². The fraction of sp³-hybridized carbons (Fsp3) is 0.278. The summed E-state index contributed by atoms with van der Waals surface area (Å²) >= 11 is 0. The number of ether oxygens (including phenoxy) is 1. The molecule has 1 aliphatic heterocycles.